The topological polar surface area (TPSA) is 46.2 Å². The van der Waals surface area contributed by atoms with Gasteiger partial charge in [-0.2, -0.15) is 0 Å². The summed E-state index contributed by atoms with van der Waals surface area (Å²) in [7, 11) is 0. The van der Waals surface area contributed by atoms with Gasteiger partial charge in [0.2, 0.25) is 0 Å². The summed E-state index contributed by atoms with van der Waals surface area (Å²) in [4.78, 5) is 0. The molecule has 0 aliphatic rings. The summed E-state index contributed by atoms with van der Waals surface area (Å²) >= 11 is 0. The van der Waals surface area contributed by atoms with E-state index in [1.165, 1.54) is 5.56 Å². The number of hydrogen-bond donors (Lipinski definition) is 2. The van der Waals surface area contributed by atoms with Crippen LogP contribution in [0.25, 0.3) is 0 Å². The first-order chi connectivity index (χ1) is 6.64. The lowest BCUT2D eigenvalue weighted by Gasteiger charge is -2.22. The van der Waals surface area contributed by atoms with Crippen molar-refractivity contribution in [2.24, 2.45) is 5.73 Å². The van der Waals surface area contributed by atoms with Crippen LogP contribution in [0.3, 0.4) is 0 Å². The van der Waals surface area contributed by atoms with Crippen molar-refractivity contribution in [2.45, 2.75) is 31.8 Å². The second-order valence-electron chi connectivity index (χ2n) is 4.02. The molecule has 0 saturated carbocycles. The summed E-state index contributed by atoms with van der Waals surface area (Å²) < 4.78 is 0. The molecule has 0 fully saturated rings. The van der Waals surface area contributed by atoms with Crippen LogP contribution in [0.2, 0.25) is 0 Å². The summed E-state index contributed by atoms with van der Waals surface area (Å²) in [6.45, 7) is 2.39. The molecular weight excluding hydrogens is 174 g/mol. The standard InChI is InChI=1S/C12H19NO/c1-12(14,9-10-13)8-7-11-5-3-2-4-6-11/h2-6,14H,7-10,13H2,1H3. The van der Waals surface area contributed by atoms with Crippen LogP contribution in [-0.4, -0.2) is 17.3 Å². The van der Waals surface area contributed by atoms with Gasteiger partial charge in [0.05, 0.1) is 5.60 Å². The number of aryl methyl sites for hydroxylation is 1. The van der Waals surface area contributed by atoms with Gasteiger partial charge >= 0.3 is 0 Å². The van der Waals surface area contributed by atoms with Crippen LogP contribution in [0.5, 0.6) is 0 Å². The predicted molar refractivity (Wildman–Crippen MR) is 59.1 cm³/mol. The molecule has 0 radical (unpaired) electrons. The van der Waals surface area contributed by atoms with E-state index in [-0.39, 0.29) is 0 Å². The van der Waals surface area contributed by atoms with Crippen LogP contribution >= 0.6 is 0 Å². The third-order valence-corrected chi connectivity index (χ3v) is 2.48. The molecule has 3 N–H and O–H groups in total. The quantitative estimate of drug-likeness (QED) is 0.748. The molecule has 0 saturated heterocycles. The molecule has 0 heterocycles. The van der Waals surface area contributed by atoms with Gasteiger partial charge in [0.1, 0.15) is 0 Å². The second-order valence-corrected chi connectivity index (χ2v) is 4.02. The Hall–Kier alpha value is -0.860. The van der Waals surface area contributed by atoms with Crippen LogP contribution in [0.4, 0.5) is 0 Å². The fourth-order valence-electron chi connectivity index (χ4n) is 1.49. The molecule has 2 nitrogen and oxygen atoms in total. The summed E-state index contributed by atoms with van der Waals surface area (Å²) in [5.74, 6) is 0. The van der Waals surface area contributed by atoms with Crippen molar-refractivity contribution in [1.29, 1.82) is 0 Å². The fourth-order valence-corrected chi connectivity index (χ4v) is 1.49. The van der Waals surface area contributed by atoms with E-state index in [1.54, 1.807) is 0 Å². The zero-order valence-electron chi connectivity index (χ0n) is 8.74. The SMILES string of the molecule is CC(O)(CCN)CCc1ccccc1. The van der Waals surface area contributed by atoms with Crippen molar-refractivity contribution < 1.29 is 5.11 Å². The van der Waals surface area contributed by atoms with Gasteiger partial charge in [-0.1, -0.05) is 30.3 Å². The average Bonchev–Trinajstić information content (AvgIpc) is 2.17. The largest absolute Gasteiger partial charge is 0.390 e. The number of aliphatic hydroxyl groups is 1. The van der Waals surface area contributed by atoms with Gasteiger partial charge in [-0.25, -0.2) is 0 Å². The minimum Gasteiger partial charge on any atom is -0.390 e. The Labute approximate surface area is 85.8 Å². The van der Waals surface area contributed by atoms with E-state index in [0.717, 1.165) is 12.8 Å². The zero-order valence-corrected chi connectivity index (χ0v) is 8.74. The van der Waals surface area contributed by atoms with Crippen molar-refractivity contribution >= 4 is 0 Å². The lowest BCUT2D eigenvalue weighted by Crippen LogP contribution is -2.28. The summed E-state index contributed by atoms with van der Waals surface area (Å²) in [6, 6.07) is 10.2. The molecule has 1 unspecified atom stereocenters. The lowest BCUT2D eigenvalue weighted by molar-refractivity contribution is 0.0448. The fraction of sp³-hybridized carbons (Fsp3) is 0.500. The smallest absolute Gasteiger partial charge is 0.0635 e. The third-order valence-electron chi connectivity index (χ3n) is 2.48. The number of nitrogens with two attached hydrogens (primary N) is 1. The summed E-state index contributed by atoms with van der Waals surface area (Å²) in [5.41, 5.74) is 6.07. The Kier molecular flexibility index (Phi) is 4.11. The number of benzene rings is 1. The molecule has 1 rings (SSSR count). The Balaban J connectivity index is 2.40. The first-order valence-electron chi connectivity index (χ1n) is 5.10. The maximum Gasteiger partial charge on any atom is 0.0635 e. The molecule has 0 bridgehead atoms. The highest BCUT2D eigenvalue weighted by Gasteiger charge is 2.18. The molecule has 1 aromatic carbocycles. The van der Waals surface area contributed by atoms with Crippen LogP contribution < -0.4 is 5.73 Å². The Morgan fingerprint density at radius 2 is 1.86 bits per heavy atom. The van der Waals surface area contributed by atoms with E-state index in [9.17, 15) is 5.11 Å². The molecule has 78 valence electrons. The van der Waals surface area contributed by atoms with Crippen molar-refractivity contribution in [1.82, 2.24) is 0 Å². The Morgan fingerprint density at radius 3 is 2.43 bits per heavy atom. The monoisotopic (exact) mass is 193 g/mol. The molecule has 0 amide bonds. The van der Waals surface area contributed by atoms with Crippen LogP contribution in [-0.2, 0) is 6.42 Å². The van der Waals surface area contributed by atoms with Crippen molar-refractivity contribution in [3.8, 4) is 0 Å². The van der Waals surface area contributed by atoms with E-state index in [2.05, 4.69) is 12.1 Å². The Bertz CT molecular complexity index is 256. The van der Waals surface area contributed by atoms with Gasteiger partial charge in [0.25, 0.3) is 0 Å². The minimum absolute atomic E-state index is 0.543. The first kappa shape index (κ1) is 11.2. The highest BCUT2D eigenvalue weighted by molar-refractivity contribution is 5.14. The lowest BCUT2D eigenvalue weighted by atomic mass is 9.94. The first-order valence-corrected chi connectivity index (χ1v) is 5.10. The van der Waals surface area contributed by atoms with Crippen LogP contribution in [0.1, 0.15) is 25.3 Å². The molecule has 1 atom stereocenters. The highest BCUT2D eigenvalue weighted by atomic mass is 16.3. The minimum atomic E-state index is -0.620. The maximum atomic E-state index is 9.90. The molecule has 0 aliphatic heterocycles. The maximum absolute atomic E-state index is 9.90. The van der Waals surface area contributed by atoms with Crippen LogP contribution in [0, 0.1) is 0 Å². The van der Waals surface area contributed by atoms with Gasteiger partial charge in [0, 0.05) is 0 Å². The van der Waals surface area contributed by atoms with E-state index in [0.29, 0.717) is 13.0 Å². The number of rotatable bonds is 5. The molecule has 2 heteroatoms. The van der Waals surface area contributed by atoms with Crippen molar-refractivity contribution in [2.75, 3.05) is 6.54 Å². The van der Waals surface area contributed by atoms with Gasteiger partial charge in [-0.3, -0.25) is 0 Å². The van der Waals surface area contributed by atoms with Gasteiger partial charge < -0.3 is 10.8 Å². The Morgan fingerprint density at radius 1 is 1.21 bits per heavy atom. The van der Waals surface area contributed by atoms with E-state index < -0.39 is 5.60 Å². The number of hydrogen-bond acceptors (Lipinski definition) is 2. The van der Waals surface area contributed by atoms with Crippen molar-refractivity contribution in [3.05, 3.63) is 35.9 Å². The van der Waals surface area contributed by atoms with Crippen LogP contribution in [0.15, 0.2) is 30.3 Å². The van der Waals surface area contributed by atoms with E-state index in [4.69, 9.17) is 5.73 Å². The van der Waals surface area contributed by atoms with Gasteiger partial charge in [-0.15, -0.1) is 0 Å². The average molecular weight is 193 g/mol. The summed E-state index contributed by atoms with van der Waals surface area (Å²) in [6.07, 6.45) is 2.35. The highest BCUT2D eigenvalue weighted by Crippen LogP contribution is 2.16. The third kappa shape index (κ3) is 3.90. The van der Waals surface area contributed by atoms with E-state index in [1.807, 2.05) is 25.1 Å². The predicted octanol–water partition coefficient (Wildman–Crippen LogP) is 1.72. The second kappa shape index (κ2) is 5.13. The molecular formula is C12H19NO. The zero-order chi connectivity index (χ0) is 10.4. The molecule has 1 aromatic rings. The normalized spacial score (nSPS) is 15.1. The molecule has 0 aromatic heterocycles. The van der Waals surface area contributed by atoms with Gasteiger partial charge in [0.15, 0.2) is 0 Å². The van der Waals surface area contributed by atoms with Crippen molar-refractivity contribution in [3.63, 3.8) is 0 Å². The van der Waals surface area contributed by atoms with E-state index >= 15 is 0 Å². The molecule has 14 heavy (non-hydrogen) atoms. The van der Waals surface area contributed by atoms with Gasteiger partial charge in [-0.05, 0) is 38.3 Å². The molecule has 0 spiro atoms. The molecule has 0 aliphatic carbocycles. The summed E-state index contributed by atoms with van der Waals surface area (Å²) in [5, 5.41) is 9.90.